The summed E-state index contributed by atoms with van der Waals surface area (Å²) in [5.41, 5.74) is 2.13. The second-order valence-corrected chi connectivity index (χ2v) is 4.34. The maximum Gasteiger partial charge on any atom is 0.147 e. The van der Waals surface area contributed by atoms with E-state index < -0.39 is 0 Å². The zero-order chi connectivity index (χ0) is 10.8. The zero-order valence-corrected chi connectivity index (χ0v) is 10.5. The van der Waals surface area contributed by atoms with E-state index in [-0.39, 0.29) is 0 Å². The van der Waals surface area contributed by atoms with Crippen LogP contribution in [0.2, 0.25) is 0 Å². The summed E-state index contributed by atoms with van der Waals surface area (Å²) in [6.07, 6.45) is 1.51. The molecule has 0 aliphatic rings. The molecule has 0 spiro atoms. The number of halogens is 2. The molecule has 0 unspecified atom stereocenters. The second kappa shape index (κ2) is 4.33. The first-order valence-corrected chi connectivity index (χ1v) is 5.76. The Balaban J connectivity index is 2.54. The standard InChI is InChI=1S/C10H9BrClN3/c1-7-4-8(11)2-3-9(7)15-10(5-12)13-6-14-15/h2-4,6H,5H2,1H3. The normalized spacial score (nSPS) is 10.6. The highest BCUT2D eigenvalue weighted by Crippen LogP contribution is 2.19. The zero-order valence-electron chi connectivity index (χ0n) is 8.11. The summed E-state index contributed by atoms with van der Waals surface area (Å²) in [6.45, 7) is 2.03. The quantitative estimate of drug-likeness (QED) is 0.794. The number of hydrogen-bond donors (Lipinski definition) is 0. The summed E-state index contributed by atoms with van der Waals surface area (Å²) in [5, 5.41) is 4.15. The number of aromatic nitrogens is 3. The molecule has 0 saturated heterocycles. The highest BCUT2D eigenvalue weighted by molar-refractivity contribution is 9.10. The van der Waals surface area contributed by atoms with Gasteiger partial charge in [-0.3, -0.25) is 0 Å². The lowest BCUT2D eigenvalue weighted by Crippen LogP contribution is -2.03. The van der Waals surface area contributed by atoms with E-state index in [0.29, 0.717) is 5.88 Å². The van der Waals surface area contributed by atoms with E-state index in [1.54, 1.807) is 4.68 Å². The van der Waals surface area contributed by atoms with Gasteiger partial charge >= 0.3 is 0 Å². The predicted octanol–water partition coefficient (Wildman–Crippen LogP) is 3.08. The Hall–Kier alpha value is -0.870. The van der Waals surface area contributed by atoms with Crippen molar-refractivity contribution in [1.29, 1.82) is 0 Å². The molecule has 5 heteroatoms. The Morgan fingerprint density at radius 3 is 2.93 bits per heavy atom. The third-order valence-electron chi connectivity index (χ3n) is 2.12. The van der Waals surface area contributed by atoms with Crippen LogP contribution in [0.5, 0.6) is 0 Å². The van der Waals surface area contributed by atoms with Crippen LogP contribution < -0.4 is 0 Å². The van der Waals surface area contributed by atoms with Gasteiger partial charge in [-0.15, -0.1) is 11.6 Å². The monoisotopic (exact) mass is 285 g/mol. The van der Waals surface area contributed by atoms with Gasteiger partial charge in [-0.2, -0.15) is 5.10 Å². The van der Waals surface area contributed by atoms with Gasteiger partial charge in [-0.05, 0) is 30.7 Å². The molecule has 0 aliphatic carbocycles. The maximum absolute atomic E-state index is 5.77. The Morgan fingerprint density at radius 1 is 1.47 bits per heavy atom. The molecule has 15 heavy (non-hydrogen) atoms. The van der Waals surface area contributed by atoms with Gasteiger partial charge in [0.25, 0.3) is 0 Å². The van der Waals surface area contributed by atoms with E-state index in [1.807, 2.05) is 25.1 Å². The minimum Gasteiger partial charge on any atom is -0.218 e. The van der Waals surface area contributed by atoms with Gasteiger partial charge in [-0.1, -0.05) is 15.9 Å². The van der Waals surface area contributed by atoms with Crippen molar-refractivity contribution in [1.82, 2.24) is 14.8 Å². The van der Waals surface area contributed by atoms with E-state index in [1.165, 1.54) is 6.33 Å². The molecule has 0 radical (unpaired) electrons. The Labute approximate surface area is 101 Å². The van der Waals surface area contributed by atoms with E-state index in [9.17, 15) is 0 Å². The number of alkyl halides is 1. The number of aryl methyl sites for hydroxylation is 1. The first kappa shape index (κ1) is 10.6. The van der Waals surface area contributed by atoms with Crippen molar-refractivity contribution in [2.45, 2.75) is 12.8 Å². The summed E-state index contributed by atoms with van der Waals surface area (Å²) < 4.78 is 2.81. The molecule has 0 saturated carbocycles. The van der Waals surface area contributed by atoms with Gasteiger partial charge in [-0.25, -0.2) is 9.67 Å². The van der Waals surface area contributed by atoms with Crippen molar-refractivity contribution < 1.29 is 0 Å². The molecule has 1 aromatic carbocycles. The fourth-order valence-corrected chi connectivity index (χ4v) is 2.07. The lowest BCUT2D eigenvalue weighted by molar-refractivity contribution is 0.825. The fraction of sp³-hybridized carbons (Fsp3) is 0.200. The molecule has 0 atom stereocenters. The predicted molar refractivity (Wildman–Crippen MR) is 63.4 cm³/mol. The van der Waals surface area contributed by atoms with E-state index >= 15 is 0 Å². The Bertz CT molecular complexity index is 481. The lowest BCUT2D eigenvalue weighted by Gasteiger charge is -2.07. The molecule has 0 aliphatic heterocycles. The molecule has 2 aromatic rings. The summed E-state index contributed by atoms with van der Waals surface area (Å²) in [5.74, 6) is 1.11. The van der Waals surface area contributed by atoms with Crippen LogP contribution >= 0.6 is 27.5 Å². The Kier molecular flexibility index (Phi) is 3.07. The average Bonchev–Trinajstić information content (AvgIpc) is 2.65. The molecule has 3 nitrogen and oxygen atoms in total. The molecule has 78 valence electrons. The highest BCUT2D eigenvalue weighted by atomic mass is 79.9. The largest absolute Gasteiger partial charge is 0.218 e. The molecular weight excluding hydrogens is 277 g/mol. The number of hydrogen-bond acceptors (Lipinski definition) is 2. The van der Waals surface area contributed by atoms with Crippen LogP contribution in [0.25, 0.3) is 5.69 Å². The molecular formula is C10H9BrClN3. The van der Waals surface area contributed by atoms with Crippen molar-refractivity contribution in [3.63, 3.8) is 0 Å². The second-order valence-electron chi connectivity index (χ2n) is 3.15. The fourth-order valence-electron chi connectivity index (χ4n) is 1.41. The van der Waals surface area contributed by atoms with Crippen molar-refractivity contribution in [2.24, 2.45) is 0 Å². The first-order valence-electron chi connectivity index (χ1n) is 4.44. The minimum absolute atomic E-state index is 0.357. The lowest BCUT2D eigenvalue weighted by atomic mass is 10.2. The molecule has 1 aromatic heterocycles. The molecule has 1 heterocycles. The summed E-state index contributed by atoms with van der Waals surface area (Å²) in [4.78, 5) is 4.08. The topological polar surface area (TPSA) is 30.7 Å². The number of benzene rings is 1. The van der Waals surface area contributed by atoms with Gasteiger partial charge in [0.15, 0.2) is 0 Å². The first-order chi connectivity index (χ1) is 7.22. The smallest absolute Gasteiger partial charge is 0.147 e. The molecule has 2 rings (SSSR count). The van der Waals surface area contributed by atoms with Crippen molar-refractivity contribution in [3.05, 3.63) is 40.4 Å². The van der Waals surface area contributed by atoms with Crippen LogP contribution in [0.4, 0.5) is 0 Å². The minimum atomic E-state index is 0.357. The van der Waals surface area contributed by atoms with Crippen LogP contribution in [0.15, 0.2) is 29.0 Å². The third kappa shape index (κ3) is 2.06. The molecule has 0 N–H and O–H groups in total. The van der Waals surface area contributed by atoms with Crippen LogP contribution in [0.1, 0.15) is 11.4 Å². The third-order valence-corrected chi connectivity index (χ3v) is 2.86. The number of rotatable bonds is 2. The van der Waals surface area contributed by atoms with Gasteiger partial charge in [0.2, 0.25) is 0 Å². The van der Waals surface area contributed by atoms with Crippen LogP contribution in [0.3, 0.4) is 0 Å². The molecule has 0 bridgehead atoms. The van der Waals surface area contributed by atoms with Crippen LogP contribution in [0, 0.1) is 6.92 Å². The summed E-state index contributed by atoms with van der Waals surface area (Å²) >= 11 is 9.20. The SMILES string of the molecule is Cc1cc(Br)ccc1-n1ncnc1CCl. The van der Waals surface area contributed by atoms with Crippen LogP contribution in [-0.2, 0) is 5.88 Å². The molecule has 0 fully saturated rings. The number of nitrogens with zero attached hydrogens (tertiary/aromatic N) is 3. The van der Waals surface area contributed by atoms with Crippen molar-refractivity contribution in [2.75, 3.05) is 0 Å². The molecule has 0 amide bonds. The van der Waals surface area contributed by atoms with E-state index in [4.69, 9.17) is 11.6 Å². The Morgan fingerprint density at radius 2 is 2.27 bits per heavy atom. The van der Waals surface area contributed by atoms with Crippen molar-refractivity contribution >= 4 is 27.5 Å². The van der Waals surface area contributed by atoms with Gasteiger partial charge in [0.05, 0.1) is 11.6 Å². The average molecular weight is 287 g/mol. The highest BCUT2D eigenvalue weighted by Gasteiger charge is 2.07. The maximum atomic E-state index is 5.77. The summed E-state index contributed by atoms with van der Waals surface area (Å²) in [6, 6.07) is 6.00. The van der Waals surface area contributed by atoms with Gasteiger partial charge in [0.1, 0.15) is 12.2 Å². The van der Waals surface area contributed by atoms with Crippen LogP contribution in [-0.4, -0.2) is 14.8 Å². The van der Waals surface area contributed by atoms with Gasteiger partial charge in [0, 0.05) is 4.47 Å². The van der Waals surface area contributed by atoms with E-state index in [0.717, 1.165) is 21.5 Å². The summed E-state index contributed by atoms with van der Waals surface area (Å²) in [7, 11) is 0. The van der Waals surface area contributed by atoms with Gasteiger partial charge < -0.3 is 0 Å². The van der Waals surface area contributed by atoms with Crippen molar-refractivity contribution in [3.8, 4) is 5.69 Å². The van der Waals surface area contributed by atoms with E-state index in [2.05, 4.69) is 26.0 Å².